The van der Waals surface area contributed by atoms with Crippen LogP contribution in [0.5, 0.6) is 0 Å². The normalized spacial score (nSPS) is 16.2. The van der Waals surface area contributed by atoms with Crippen LogP contribution in [0.15, 0.2) is 43.0 Å². The van der Waals surface area contributed by atoms with Gasteiger partial charge in [0.15, 0.2) is 0 Å². The Bertz CT molecular complexity index is 1260. The molecular weight excluding hydrogens is 392 g/mol. The Morgan fingerprint density at radius 3 is 2.58 bits per heavy atom. The summed E-state index contributed by atoms with van der Waals surface area (Å²) in [4.78, 5) is 32.3. The highest BCUT2D eigenvalue weighted by Gasteiger charge is 2.27. The van der Waals surface area contributed by atoms with E-state index in [4.69, 9.17) is 4.98 Å². The quantitative estimate of drug-likeness (QED) is 0.552. The first-order valence-electron chi connectivity index (χ1n) is 10.5. The van der Waals surface area contributed by atoms with Crippen molar-refractivity contribution in [2.45, 2.75) is 38.8 Å². The van der Waals surface area contributed by atoms with Gasteiger partial charge in [0.1, 0.15) is 17.1 Å². The third-order valence-corrected chi connectivity index (χ3v) is 5.98. The highest BCUT2D eigenvalue weighted by Crippen LogP contribution is 2.31. The minimum Gasteiger partial charge on any atom is -0.384 e. The van der Waals surface area contributed by atoms with Crippen LogP contribution in [0.2, 0.25) is 0 Å². The molecule has 31 heavy (non-hydrogen) atoms. The molecule has 0 saturated carbocycles. The van der Waals surface area contributed by atoms with Crippen molar-refractivity contribution in [2.24, 2.45) is 0 Å². The van der Waals surface area contributed by atoms with Gasteiger partial charge in [-0.05, 0) is 51.0 Å². The number of nitrogens with zero attached hydrogens (tertiary/aromatic N) is 6. The molecule has 1 aliphatic rings. The molecule has 0 bridgehead atoms. The number of aryl methyl sites for hydroxylation is 1. The summed E-state index contributed by atoms with van der Waals surface area (Å²) in [5, 5.41) is 9.59. The number of likely N-dealkylation sites (tertiary alicyclic amines) is 1. The summed E-state index contributed by atoms with van der Waals surface area (Å²) >= 11 is 0. The van der Waals surface area contributed by atoms with Gasteiger partial charge in [-0.1, -0.05) is 0 Å². The van der Waals surface area contributed by atoms with Crippen LogP contribution in [-0.4, -0.2) is 59.6 Å². The topological polar surface area (TPSA) is 97.0 Å². The van der Waals surface area contributed by atoms with Crippen molar-refractivity contribution in [3.63, 3.8) is 0 Å². The summed E-state index contributed by atoms with van der Waals surface area (Å²) in [6, 6.07) is 8.16. The fourth-order valence-corrected chi connectivity index (χ4v) is 4.26. The van der Waals surface area contributed by atoms with Crippen LogP contribution in [0.25, 0.3) is 33.3 Å². The maximum atomic E-state index is 12.1. The third kappa shape index (κ3) is 3.53. The zero-order valence-electron chi connectivity index (χ0n) is 17.6. The maximum Gasteiger partial charge on any atom is 0.251 e. The Hall–Kier alpha value is -3.39. The molecule has 1 aliphatic heterocycles. The molecule has 4 aromatic rings. The lowest BCUT2D eigenvalue weighted by Gasteiger charge is -2.33. The van der Waals surface area contributed by atoms with Crippen LogP contribution in [0.1, 0.15) is 31.5 Å². The van der Waals surface area contributed by atoms with Crippen LogP contribution in [-0.2, 0) is 4.79 Å². The van der Waals surface area contributed by atoms with Crippen molar-refractivity contribution in [1.29, 1.82) is 0 Å². The largest absolute Gasteiger partial charge is 0.384 e. The number of aliphatic hydroxyl groups excluding tert-OH is 1. The van der Waals surface area contributed by atoms with E-state index in [1.165, 1.54) is 6.92 Å². The van der Waals surface area contributed by atoms with E-state index in [-0.39, 0.29) is 11.9 Å². The molecule has 5 rings (SSSR count). The predicted octanol–water partition coefficient (Wildman–Crippen LogP) is 2.89. The summed E-state index contributed by atoms with van der Waals surface area (Å²) in [7, 11) is 0. The van der Waals surface area contributed by atoms with Gasteiger partial charge in [-0.25, -0.2) is 9.97 Å². The number of fused-ring (bicyclic) bond motifs is 3. The Kier molecular flexibility index (Phi) is 4.86. The van der Waals surface area contributed by atoms with E-state index in [9.17, 15) is 9.90 Å². The number of hydrogen-bond donors (Lipinski definition) is 1. The van der Waals surface area contributed by atoms with Crippen LogP contribution >= 0.6 is 0 Å². The molecule has 1 atom stereocenters. The fraction of sp³-hybridized carbons (Fsp3) is 0.348. The first-order valence-corrected chi connectivity index (χ1v) is 10.5. The van der Waals surface area contributed by atoms with E-state index >= 15 is 0 Å². The maximum absolute atomic E-state index is 12.1. The number of pyridine rings is 3. The van der Waals surface area contributed by atoms with E-state index in [2.05, 4.69) is 19.5 Å². The highest BCUT2D eigenvalue weighted by molar-refractivity contribution is 6.00. The second-order valence-electron chi connectivity index (χ2n) is 8.13. The first-order chi connectivity index (χ1) is 15.0. The summed E-state index contributed by atoms with van der Waals surface area (Å²) in [6.07, 6.45) is 6.12. The standard InChI is InChI=1S/C23H24N6O2/c1-14-3-4-16(11-24-14)18-5-6-19-21(27-18)22-20(12-25-19)26-13-29(22)17-7-9-28(10-8-17)23(31)15(2)30/h3-6,11-13,15,17,30H,7-10H2,1-2H3/t15-/m0/s1. The monoisotopic (exact) mass is 416 g/mol. The van der Waals surface area contributed by atoms with Crippen molar-refractivity contribution in [3.8, 4) is 11.3 Å². The van der Waals surface area contributed by atoms with Crippen molar-refractivity contribution < 1.29 is 9.90 Å². The predicted molar refractivity (Wildman–Crippen MR) is 117 cm³/mol. The van der Waals surface area contributed by atoms with Gasteiger partial charge in [-0.3, -0.25) is 14.8 Å². The summed E-state index contributed by atoms with van der Waals surface area (Å²) < 4.78 is 2.17. The molecule has 8 heteroatoms. The molecule has 0 aromatic carbocycles. The first kappa shape index (κ1) is 19.6. The smallest absolute Gasteiger partial charge is 0.251 e. The fourth-order valence-electron chi connectivity index (χ4n) is 4.26. The van der Waals surface area contributed by atoms with Gasteiger partial charge in [0.05, 0.1) is 29.3 Å². The zero-order chi connectivity index (χ0) is 21.5. The van der Waals surface area contributed by atoms with Crippen molar-refractivity contribution in [1.82, 2.24) is 29.4 Å². The molecular formula is C23H24N6O2. The third-order valence-electron chi connectivity index (χ3n) is 5.98. The molecule has 1 amide bonds. The SMILES string of the molecule is Cc1ccc(-c2ccc3ncc4ncn(C5CCN(C(=O)[C@H](C)O)CC5)c4c3n2)cn1. The van der Waals surface area contributed by atoms with Gasteiger partial charge in [0.2, 0.25) is 0 Å². The molecule has 8 nitrogen and oxygen atoms in total. The molecule has 0 aliphatic carbocycles. The molecule has 0 radical (unpaired) electrons. The average molecular weight is 416 g/mol. The number of aliphatic hydroxyl groups is 1. The van der Waals surface area contributed by atoms with Crippen LogP contribution in [0.4, 0.5) is 0 Å². The molecule has 1 fully saturated rings. The van der Waals surface area contributed by atoms with Gasteiger partial charge < -0.3 is 14.6 Å². The second-order valence-corrected chi connectivity index (χ2v) is 8.13. The number of amides is 1. The Morgan fingerprint density at radius 1 is 1.06 bits per heavy atom. The molecule has 5 heterocycles. The lowest BCUT2D eigenvalue weighted by Crippen LogP contribution is -2.43. The molecule has 158 valence electrons. The number of carbonyl (C=O) groups is 1. The number of hydrogen-bond acceptors (Lipinski definition) is 6. The van der Waals surface area contributed by atoms with E-state index in [1.54, 1.807) is 11.1 Å². The van der Waals surface area contributed by atoms with E-state index in [1.807, 2.05) is 43.7 Å². The molecule has 0 spiro atoms. The summed E-state index contributed by atoms with van der Waals surface area (Å²) in [6.45, 7) is 4.71. The van der Waals surface area contributed by atoms with E-state index < -0.39 is 6.10 Å². The van der Waals surface area contributed by atoms with Gasteiger partial charge in [0.25, 0.3) is 5.91 Å². The second kappa shape index (κ2) is 7.70. The average Bonchev–Trinajstić information content (AvgIpc) is 3.23. The minimum atomic E-state index is -0.959. The number of aromatic nitrogens is 5. The highest BCUT2D eigenvalue weighted by atomic mass is 16.3. The van der Waals surface area contributed by atoms with Gasteiger partial charge in [-0.15, -0.1) is 0 Å². The Morgan fingerprint density at radius 2 is 1.87 bits per heavy atom. The number of rotatable bonds is 3. The summed E-state index contributed by atoms with van der Waals surface area (Å²) in [5.74, 6) is -0.207. The van der Waals surface area contributed by atoms with Crippen molar-refractivity contribution in [2.75, 3.05) is 13.1 Å². The molecule has 0 unspecified atom stereocenters. The van der Waals surface area contributed by atoms with Crippen molar-refractivity contribution in [3.05, 3.63) is 48.7 Å². The van der Waals surface area contributed by atoms with Gasteiger partial charge in [-0.2, -0.15) is 0 Å². The van der Waals surface area contributed by atoms with E-state index in [0.717, 1.165) is 51.9 Å². The lowest BCUT2D eigenvalue weighted by molar-refractivity contribution is -0.140. The van der Waals surface area contributed by atoms with Gasteiger partial charge >= 0.3 is 0 Å². The van der Waals surface area contributed by atoms with Gasteiger partial charge in [0, 0.05) is 36.6 Å². The van der Waals surface area contributed by atoms with Crippen LogP contribution in [0.3, 0.4) is 0 Å². The van der Waals surface area contributed by atoms with E-state index in [0.29, 0.717) is 13.1 Å². The summed E-state index contributed by atoms with van der Waals surface area (Å²) in [5.41, 5.74) is 6.18. The zero-order valence-corrected chi connectivity index (χ0v) is 17.6. The Balaban J connectivity index is 1.53. The minimum absolute atomic E-state index is 0.207. The number of imidazole rings is 1. The van der Waals surface area contributed by atoms with Crippen LogP contribution in [0, 0.1) is 6.92 Å². The number of piperidine rings is 1. The molecule has 1 N–H and O–H groups in total. The lowest BCUT2D eigenvalue weighted by atomic mass is 10.0. The molecule has 1 saturated heterocycles. The number of carbonyl (C=O) groups excluding carboxylic acids is 1. The van der Waals surface area contributed by atoms with Crippen molar-refractivity contribution >= 4 is 28.0 Å². The molecule has 4 aromatic heterocycles. The Labute approximate surface area is 179 Å². The van der Waals surface area contributed by atoms with Crippen LogP contribution < -0.4 is 0 Å².